The van der Waals surface area contributed by atoms with E-state index >= 15 is 0 Å². The molecule has 0 bridgehead atoms. The van der Waals surface area contributed by atoms with Gasteiger partial charge in [0, 0.05) is 6.20 Å². The van der Waals surface area contributed by atoms with Gasteiger partial charge in [0.15, 0.2) is 11.6 Å². The monoisotopic (exact) mass is 292 g/mol. The van der Waals surface area contributed by atoms with Crippen molar-refractivity contribution in [2.75, 3.05) is 7.11 Å². The van der Waals surface area contributed by atoms with E-state index in [2.05, 4.69) is 20.8 Å². The maximum atomic E-state index is 13.6. The third-order valence-corrected chi connectivity index (χ3v) is 3.02. The van der Waals surface area contributed by atoms with Gasteiger partial charge in [-0.15, -0.1) is 0 Å². The first-order chi connectivity index (χ1) is 10.1. The molecule has 2 rings (SSSR count). The van der Waals surface area contributed by atoms with Crippen LogP contribution in [0.25, 0.3) is 0 Å². The van der Waals surface area contributed by atoms with Crippen LogP contribution < -0.4 is 15.4 Å². The Kier molecular flexibility index (Phi) is 4.76. The van der Waals surface area contributed by atoms with Crippen molar-refractivity contribution in [3.05, 3.63) is 47.5 Å². The summed E-state index contributed by atoms with van der Waals surface area (Å²) in [6.45, 7) is 2.12. The normalized spacial score (nSPS) is 11.8. The predicted molar refractivity (Wildman–Crippen MR) is 75.3 cm³/mol. The molecule has 6 nitrogen and oxygen atoms in total. The quantitative estimate of drug-likeness (QED) is 0.789. The van der Waals surface area contributed by atoms with E-state index in [0.717, 1.165) is 5.69 Å². The number of aromatic amines is 1. The zero-order valence-electron chi connectivity index (χ0n) is 11.8. The van der Waals surface area contributed by atoms with Gasteiger partial charge < -0.3 is 15.4 Å². The second-order valence-corrected chi connectivity index (χ2v) is 4.52. The minimum atomic E-state index is -0.457. The van der Waals surface area contributed by atoms with Gasteiger partial charge in [-0.05, 0) is 30.7 Å². The predicted octanol–water partition coefficient (Wildman–Crippen LogP) is 2.12. The summed E-state index contributed by atoms with van der Waals surface area (Å²) >= 11 is 0. The lowest BCUT2D eigenvalue weighted by molar-refractivity contribution is 0.237. The summed E-state index contributed by atoms with van der Waals surface area (Å²) in [6, 6.07) is 5.69. The molecule has 0 radical (unpaired) electrons. The Bertz CT molecular complexity index is 601. The van der Waals surface area contributed by atoms with Crippen molar-refractivity contribution in [3.8, 4) is 5.75 Å². The molecule has 1 atom stereocenters. The molecule has 0 aliphatic carbocycles. The average molecular weight is 292 g/mol. The lowest BCUT2D eigenvalue weighted by Gasteiger charge is -2.15. The highest BCUT2D eigenvalue weighted by atomic mass is 19.1. The zero-order valence-corrected chi connectivity index (χ0v) is 11.8. The largest absolute Gasteiger partial charge is 0.494 e. The van der Waals surface area contributed by atoms with Crippen LogP contribution in [0, 0.1) is 5.82 Å². The summed E-state index contributed by atoms with van der Waals surface area (Å²) in [5.74, 6) is -0.281. The number of methoxy groups -OCH3 is 1. The molecule has 1 heterocycles. The van der Waals surface area contributed by atoms with Crippen molar-refractivity contribution in [2.24, 2.45) is 0 Å². The van der Waals surface area contributed by atoms with Crippen molar-refractivity contribution in [3.63, 3.8) is 0 Å². The van der Waals surface area contributed by atoms with E-state index in [0.29, 0.717) is 12.1 Å². The maximum Gasteiger partial charge on any atom is 0.315 e. The Morgan fingerprint density at radius 3 is 2.90 bits per heavy atom. The zero-order chi connectivity index (χ0) is 15.2. The molecule has 0 aliphatic heterocycles. The fourth-order valence-electron chi connectivity index (χ4n) is 1.84. The molecule has 2 amide bonds. The van der Waals surface area contributed by atoms with Crippen LogP contribution in [0.1, 0.15) is 24.2 Å². The fraction of sp³-hybridized carbons (Fsp3) is 0.286. The number of nitrogens with one attached hydrogen (secondary N) is 3. The minimum absolute atomic E-state index is 0.176. The molecule has 1 aromatic heterocycles. The van der Waals surface area contributed by atoms with Gasteiger partial charge in [0.2, 0.25) is 0 Å². The molecule has 0 fully saturated rings. The molecule has 0 aliphatic rings. The number of carbonyl (C=O) groups is 1. The van der Waals surface area contributed by atoms with Gasteiger partial charge in [0.05, 0.1) is 25.4 Å². The molecule has 3 N–H and O–H groups in total. The number of urea groups is 1. The first-order valence-electron chi connectivity index (χ1n) is 6.46. The Balaban J connectivity index is 1.89. The molecule has 7 heteroatoms. The van der Waals surface area contributed by atoms with Crippen LogP contribution in [0.5, 0.6) is 5.75 Å². The van der Waals surface area contributed by atoms with E-state index in [4.69, 9.17) is 4.74 Å². The van der Waals surface area contributed by atoms with Gasteiger partial charge in [0.1, 0.15) is 0 Å². The van der Waals surface area contributed by atoms with Crippen molar-refractivity contribution >= 4 is 6.03 Å². The molecule has 112 valence electrons. The topological polar surface area (TPSA) is 79.0 Å². The minimum Gasteiger partial charge on any atom is -0.494 e. The van der Waals surface area contributed by atoms with Crippen molar-refractivity contribution < 1.29 is 13.9 Å². The number of hydrogen-bond acceptors (Lipinski definition) is 3. The number of amides is 2. The second-order valence-electron chi connectivity index (χ2n) is 4.52. The number of nitrogens with zero attached hydrogens (tertiary/aromatic N) is 1. The number of halogens is 1. The summed E-state index contributed by atoms with van der Waals surface area (Å²) in [6.07, 6.45) is 1.61. The summed E-state index contributed by atoms with van der Waals surface area (Å²) in [5.41, 5.74) is 1.46. The van der Waals surface area contributed by atoms with Gasteiger partial charge in [-0.2, -0.15) is 5.10 Å². The van der Waals surface area contributed by atoms with E-state index < -0.39 is 5.82 Å². The Morgan fingerprint density at radius 2 is 2.29 bits per heavy atom. The SMILES string of the molecule is COc1ccc([C@H](C)NC(=O)NCc2ccn[nH]2)cc1F. The Hall–Kier alpha value is -2.57. The highest BCUT2D eigenvalue weighted by molar-refractivity contribution is 5.74. The van der Waals surface area contributed by atoms with Gasteiger partial charge in [-0.25, -0.2) is 9.18 Å². The molecule has 0 saturated carbocycles. The number of ether oxygens (including phenoxy) is 1. The van der Waals surface area contributed by atoms with Crippen LogP contribution in [0.2, 0.25) is 0 Å². The van der Waals surface area contributed by atoms with Crippen LogP contribution in [-0.2, 0) is 6.54 Å². The van der Waals surface area contributed by atoms with E-state index in [1.165, 1.54) is 19.2 Å². The maximum absolute atomic E-state index is 13.6. The van der Waals surface area contributed by atoms with Crippen LogP contribution in [0.4, 0.5) is 9.18 Å². The molecule has 21 heavy (non-hydrogen) atoms. The summed E-state index contributed by atoms with van der Waals surface area (Å²) in [4.78, 5) is 11.8. The second kappa shape index (κ2) is 6.74. The third-order valence-electron chi connectivity index (χ3n) is 3.02. The number of hydrogen-bond donors (Lipinski definition) is 3. The van der Waals surface area contributed by atoms with Gasteiger partial charge in [-0.1, -0.05) is 6.07 Å². The lowest BCUT2D eigenvalue weighted by atomic mass is 10.1. The summed E-state index contributed by atoms with van der Waals surface area (Å²) in [5, 5.41) is 11.9. The number of rotatable bonds is 5. The van der Waals surface area contributed by atoms with Gasteiger partial charge in [0.25, 0.3) is 0 Å². The molecule has 0 saturated heterocycles. The Morgan fingerprint density at radius 1 is 1.48 bits per heavy atom. The highest BCUT2D eigenvalue weighted by Gasteiger charge is 2.12. The molecule has 0 unspecified atom stereocenters. The van der Waals surface area contributed by atoms with Crippen LogP contribution in [0.15, 0.2) is 30.5 Å². The van der Waals surface area contributed by atoms with E-state index in [1.54, 1.807) is 25.3 Å². The summed E-state index contributed by atoms with van der Waals surface area (Å²) in [7, 11) is 1.41. The molecule has 0 spiro atoms. The fourth-order valence-corrected chi connectivity index (χ4v) is 1.84. The Labute approximate surface area is 121 Å². The smallest absolute Gasteiger partial charge is 0.315 e. The van der Waals surface area contributed by atoms with Crippen molar-refractivity contribution in [2.45, 2.75) is 19.5 Å². The number of benzene rings is 1. The van der Waals surface area contributed by atoms with E-state index in [1.807, 2.05) is 0 Å². The van der Waals surface area contributed by atoms with Crippen molar-refractivity contribution in [1.82, 2.24) is 20.8 Å². The molecule has 1 aromatic carbocycles. The highest BCUT2D eigenvalue weighted by Crippen LogP contribution is 2.21. The molecular formula is C14H17FN4O2. The molecule has 2 aromatic rings. The summed E-state index contributed by atoms with van der Waals surface area (Å²) < 4.78 is 18.5. The van der Waals surface area contributed by atoms with Crippen molar-refractivity contribution in [1.29, 1.82) is 0 Å². The van der Waals surface area contributed by atoms with E-state index in [-0.39, 0.29) is 17.8 Å². The van der Waals surface area contributed by atoms with Crippen LogP contribution in [-0.4, -0.2) is 23.3 Å². The first kappa shape index (κ1) is 14.8. The van der Waals surface area contributed by atoms with Gasteiger partial charge in [-0.3, -0.25) is 5.10 Å². The standard InChI is InChI=1S/C14H17FN4O2/c1-9(10-3-4-13(21-2)12(15)7-10)18-14(20)16-8-11-5-6-17-19-11/h3-7,9H,8H2,1-2H3,(H,17,19)(H2,16,18,20)/t9-/m0/s1. The third kappa shape index (κ3) is 3.95. The van der Waals surface area contributed by atoms with Crippen LogP contribution in [0.3, 0.4) is 0 Å². The first-order valence-corrected chi connectivity index (χ1v) is 6.46. The lowest BCUT2D eigenvalue weighted by Crippen LogP contribution is -2.36. The number of H-pyrrole nitrogens is 1. The van der Waals surface area contributed by atoms with Gasteiger partial charge >= 0.3 is 6.03 Å². The molecular weight excluding hydrogens is 275 g/mol. The average Bonchev–Trinajstić information content (AvgIpc) is 2.98. The number of aromatic nitrogens is 2. The van der Waals surface area contributed by atoms with E-state index in [9.17, 15) is 9.18 Å². The number of carbonyl (C=O) groups excluding carboxylic acids is 1. The van der Waals surface area contributed by atoms with Crippen LogP contribution >= 0.6 is 0 Å².